The fraction of sp³-hybridized carbons (Fsp3) is 0.125. The third-order valence-electron chi connectivity index (χ3n) is 1.31. The highest BCUT2D eigenvalue weighted by Gasteiger charge is 2.08. The first-order chi connectivity index (χ1) is 5.22. The molecule has 57 valence electrons. The number of benzene rings is 1. The minimum Gasteiger partial charge on any atom is -0.267 e. The predicted octanol–water partition coefficient (Wildman–Crippen LogP) is 1.10. The summed E-state index contributed by atoms with van der Waals surface area (Å²) < 4.78 is 0. The molecule has 0 N–H and O–H groups in total. The van der Waals surface area contributed by atoms with Crippen molar-refractivity contribution in [3.8, 4) is 0 Å². The van der Waals surface area contributed by atoms with Crippen LogP contribution in [0.25, 0.3) is 0 Å². The van der Waals surface area contributed by atoms with E-state index in [1.165, 1.54) is 7.05 Å². The number of nitrogens with zero attached hydrogens (tertiary/aromatic N) is 1. The van der Waals surface area contributed by atoms with Gasteiger partial charge in [-0.2, -0.15) is 5.06 Å². The van der Waals surface area contributed by atoms with E-state index in [1.807, 2.05) is 0 Å². The highest BCUT2D eigenvalue weighted by Crippen LogP contribution is 2.00. The zero-order valence-corrected chi connectivity index (χ0v) is 6.15. The summed E-state index contributed by atoms with van der Waals surface area (Å²) in [6.45, 7) is 0. The van der Waals surface area contributed by atoms with Crippen LogP contribution < -0.4 is 0 Å². The average Bonchev–Trinajstić information content (AvgIpc) is 2.05. The summed E-state index contributed by atoms with van der Waals surface area (Å²) in [5.74, 6) is -0.509. The summed E-state index contributed by atoms with van der Waals surface area (Å²) in [6, 6.07) is 8.45. The Bertz CT molecular complexity index is 244. The van der Waals surface area contributed by atoms with Gasteiger partial charge in [0.2, 0.25) is 0 Å². The molecule has 0 spiro atoms. The molecule has 0 saturated heterocycles. The van der Waals surface area contributed by atoms with Crippen molar-refractivity contribution in [2.75, 3.05) is 7.05 Å². The topological polar surface area (TPSA) is 40.2 Å². The molecule has 1 aromatic rings. The van der Waals surface area contributed by atoms with Crippen molar-refractivity contribution in [3.63, 3.8) is 0 Å². The molecule has 11 heavy (non-hydrogen) atoms. The van der Waals surface area contributed by atoms with Crippen LogP contribution in [-0.2, 0) is 5.21 Å². The Morgan fingerprint density at radius 2 is 1.82 bits per heavy atom. The van der Waals surface area contributed by atoms with Crippen LogP contribution in [0.15, 0.2) is 30.3 Å². The maximum Gasteiger partial charge on any atom is 0.279 e. The quantitative estimate of drug-likeness (QED) is 0.552. The summed E-state index contributed by atoms with van der Waals surface area (Å²) in [7, 11) is 1.19. The van der Waals surface area contributed by atoms with E-state index in [-0.39, 0.29) is 0 Å². The lowest BCUT2D eigenvalue weighted by Crippen LogP contribution is -2.20. The summed E-state index contributed by atoms with van der Waals surface area (Å²) in [5, 5.41) is 10.8. The van der Waals surface area contributed by atoms with E-state index in [1.54, 1.807) is 30.3 Å². The molecule has 3 heteroatoms. The van der Waals surface area contributed by atoms with E-state index >= 15 is 0 Å². The first-order valence-electron chi connectivity index (χ1n) is 3.22. The molecule has 1 aromatic carbocycles. The van der Waals surface area contributed by atoms with Crippen LogP contribution in [0.4, 0.5) is 0 Å². The van der Waals surface area contributed by atoms with E-state index in [0.29, 0.717) is 10.6 Å². The zero-order valence-electron chi connectivity index (χ0n) is 6.15. The van der Waals surface area contributed by atoms with Gasteiger partial charge in [-0.1, -0.05) is 23.4 Å². The number of hydrogen-bond acceptors (Lipinski definition) is 1. The van der Waals surface area contributed by atoms with Crippen molar-refractivity contribution >= 4 is 5.91 Å². The number of carbonyl (C=O) groups excluding carboxylic acids is 1. The molecular weight excluding hydrogens is 142 g/mol. The number of rotatable bonds is 1. The van der Waals surface area contributed by atoms with E-state index < -0.39 is 5.91 Å². The van der Waals surface area contributed by atoms with E-state index in [2.05, 4.69) is 0 Å². The second-order valence-electron chi connectivity index (χ2n) is 2.17. The molecule has 0 aliphatic carbocycles. The number of carbonyl (C=O) groups is 1. The van der Waals surface area contributed by atoms with E-state index in [4.69, 9.17) is 0 Å². The maximum absolute atomic E-state index is 11.0. The van der Waals surface area contributed by atoms with Crippen LogP contribution in [-0.4, -0.2) is 18.0 Å². The van der Waals surface area contributed by atoms with E-state index in [0.717, 1.165) is 0 Å². The predicted molar refractivity (Wildman–Crippen MR) is 39.2 cm³/mol. The van der Waals surface area contributed by atoms with Gasteiger partial charge in [0, 0.05) is 12.6 Å². The van der Waals surface area contributed by atoms with Crippen LogP contribution >= 0.6 is 0 Å². The molecule has 3 nitrogen and oxygen atoms in total. The van der Waals surface area contributed by atoms with Crippen LogP contribution in [0.3, 0.4) is 0 Å². The Morgan fingerprint density at radius 3 is 2.27 bits per heavy atom. The van der Waals surface area contributed by atoms with Crippen molar-refractivity contribution in [1.82, 2.24) is 5.06 Å². The monoisotopic (exact) mass is 150 g/mol. The van der Waals surface area contributed by atoms with Gasteiger partial charge >= 0.3 is 0 Å². The van der Waals surface area contributed by atoms with Gasteiger partial charge in [0.15, 0.2) is 0 Å². The minimum atomic E-state index is -0.509. The maximum atomic E-state index is 11.0. The Labute approximate surface area is 64.8 Å². The van der Waals surface area contributed by atoms with Crippen molar-refractivity contribution < 1.29 is 10.0 Å². The molecule has 1 radical (unpaired) electrons. The fourth-order valence-electron chi connectivity index (χ4n) is 0.763. The van der Waals surface area contributed by atoms with Crippen molar-refractivity contribution in [3.05, 3.63) is 35.9 Å². The molecule has 0 atom stereocenters. The second kappa shape index (κ2) is 3.16. The van der Waals surface area contributed by atoms with Gasteiger partial charge in [-0.3, -0.25) is 4.79 Å². The molecule has 0 aliphatic rings. The highest BCUT2D eigenvalue weighted by molar-refractivity contribution is 5.93. The minimum absolute atomic E-state index is 0.315. The van der Waals surface area contributed by atoms with Gasteiger partial charge < -0.3 is 0 Å². The molecule has 0 saturated carbocycles. The van der Waals surface area contributed by atoms with Crippen LogP contribution in [0.2, 0.25) is 0 Å². The van der Waals surface area contributed by atoms with Crippen molar-refractivity contribution in [1.29, 1.82) is 0 Å². The molecule has 0 unspecified atom stereocenters. The Morgan fingerprint density at radius 1 is 1.27 bits per heavy atom. The van der Waals surface area contributed by atoms with Crippen LogP contribution in [0.5, 0.6) is 0 Å². The van der Waals surface area contributed by atoms with Gasteiger partial charge in [-0.15, -0.1) is 0 Å². The molecule has 0 heterocycles. The first kappa shape index (κ1) is 7.75. The molecule has 1 amide bonds. The first-order valence-corrected chi connectivity index (χ1v) is 3.22. The summed E-state index contributed by atoms with van der Waals surface area (Å²) in [6.07, 6.45) is 0. The Balaban J connectivity index is 2.86. The zero-order chi connectivity index (χ0) is 8.27. The van der Waals surface area contributed by atoms with Crippen LogP contribution in [0.1, 0.15) is 10.4 Å². The van der Waals surface area contributed by atoms with Gasteiger partial charge in [-0.25, -0.2) is 0 Å². The third-order valence-corrected chi connectivity index (χ3v) is 1.31. The molecule has 0 aliphatic heterocycles. The largest absolute Gasteiger partial charge is 0.279 e. The third kappa shape index (κ3) is 1.78. The molecule has 0 bridgehead atoms. The van der Waals surface area contributed by atoms with Gasteiger partial charge in [-0.05, 0) is 12.1 Å². The summed E-state index contributed by atoms with van der Waals surface area (Å²) >= 11 is 0. The normalized spacial score (nSPS) is 9.27. The number of amides is 1. The van der Waals surface area contributed by atoms with Gasteiger partial charge in [0.25, 0.3) is 5.91 Å². The molecule has 1 rings (SSSR count). The highest BCUT2D eigenvalue weighted by atomic mass is 16.5. The fourth-order valence-corrected chi connectivity index (χ4v) is 0.763. The standard InChI is InChI=1S/C8H8NO2/c1-9(11)8(10)7-5-3-2-4-6-7/h2-6H,1H3. The van der Waals surface area contributed by atoms with Crippen molar-refractivity contribution in [2.24, 2.45) is 0 Å². The number of hydrogen-bond donors (Lipinski definition) is 0. The SMILES string of the molecule is CN([O])C(=O)c1ccccc1. The average molecular weight is 150 g/mol. The Hall–Kier alpha value is -1.35. The Kier molecular flexibility index (Phi) is 2.23. The second-order valence-corrected chi connectivity index (χ2v) is 2.17. The van der Waals surface area contributed by atoms with Crippen LogP contribution in [0, 0.1) is 0 Å². The van der Waals surface area contributed by atoms with E-state index in [9.17, 15) is 10.0 Å². The number of hydroxylamine groups is 2. The molecule has 0 aromatic heterocycles. The smallest absolute Gasteiger partial charge is 0.267 e. The molecular formula is C8H8NO2. The summed E-state index contributed by atoms with van der Waals surface area (Å²) in [4.78, 5) is 11.0. The van der Waals surface area contributed by atoms with Gasteiger partial charge in [0.05, 0.1) is 0 Å². The lowest BCUT2D eigenvalue weighted by atomic mass is 10.2. The lowest BCUT2D eigenvalue weighted by Gasteiger charge is -2.03. The van der Waals surface area contributed by atoms with Crippen molar-refractivity contribution in [2.45, 2.75) is 0 Å². The molecule has 0 fully saturated rings. The lowest BCUT2D eigenvalue weighted by molar-refractivity contribution is -0.0972. The van der Waals surface area contributed by atoms with Gasteiger partial charge in [0.1, 0.15) is 0 Å². The summed E-state index contributed by atoms with van der Waals surface area (Å²) in [5.41, 5.74) is 0.421.